The van der Waals surface area contributed by atoms with Crippen LogP contribution in [0, 0.1) is 0 Å². The van der Waals surface area contributed by atoms with Gasteiger partial charge in [0, 0.05) is 11.9 Å². The van der Waals surface area contributed by atoms with Crippen LogP contribution in [0.4, 0.5) is 11.4 Å². The predicted octanol–water partition coefficient (Wildman–Crippen LogP) is 3.32. The summed E-state index contributed by atoms with van der Waals surface area (Å²) in [6.07, 6.45) is 0. The van der Waals surface area contributed by atoms with Crippen molar-refractivity contribution in [1.29, 1.82) is 0 Å². The monoisotopic (exact) mass is 318 g/mol. The highest BCUT2D eigenvalue weighted by Crippen LogP contribution is 2.21. The largest absolute Gasteiger partial charge is 0.484 e. The van der Waals surface area contributed by atoms with Gasteiger partial charge in [-0.3, -0.25) is 9.59 Å². The van der Waals surface area contributed by atoms with Crippen LogP contribution in [-0.4, -0.2) is 18.4 Å². The summed E-state index contributed by atoms with van der Waals surface area (Å²) < 4.78 is 5.36. The molecule has 0 atom stereocenters. The van der Waals surface area contributed by atoms with Crippen LogP contribution in [0.15, 0.2) is 48.5 Å². The molecule has 6 heteroatoms. The fraction of sp³-hybridized carbons (Fsp3) is 0.125. The molecule has 0 saturated heterocycles. The molecular weight excluding hydrogens is 304 g/mol. The molecule has 2 aromatic rings. The first-order chi connectivity index (χ1) is 10.5. The smallest absolute Gasteiger partial charge is 0.262 e. The maximum atomic E-state index is 11.9. The summed E-state index contributed by atoms with van der Waals surface area (Å²) in [7, 11) is 0. The summed E-state index contributed by atoms with van der Waals surface area (Å²) in [5, 5.41) is 5.94. The van der Waals surface area contributed by atoms with Gasteiger partial charge < -0.3 is 15.4 Å². The van der Waals surface area contributed by atoms with Crippen molar-refractivity contribution < 1.29 is 14.3 Å². The predicted molar refractivity (Wildman–Crippen MR) is 86.3 cm³/mol. The van der Waals surface area contributed by atoms with E-state index < -0.39 is 0 Å². The number of carbonyl (C=O) groups is 2. The third kappa shape index (κ3) is 4.79. The lowest BCUT2D eigenvalue weighted by Gasteiger charge is -2.11. The minimum absolute atomic E-state index is 0.143. The first-order valence-electron chi connectivity index (χ1n) is 6.59. The van der Waals surface area contributed by atoms with Crippen molar-refractivity contribution in [3.05, 3.63) is 53.6 Å². The van der Waals surface area contributed by atoms with Gasteiger partial charge in [-0.15, -0.1) is 0 Å². The van der Waals surface area contributed by atoms with E-state index in [1.54, 1.807) is 48.5 Å². The summed E-state index contributed by atoms with van der Waals surface area (Å²) in [5.41, 5.74) is 1.05. The molecule has 2 amide bonds. The Hall–Kier alpha value is -2.53. The minimum atomic E-state index is -0.326. The molecule has 2 aromatic carbocycles. The van der Waals surface area contributed by atoms with E-state index in [0.717, 1.165) is 0 Å². The lowest BCUT2D eigenvalue weighted by atomic mass is 10.2. The normalized spacial score (nSPS) is 9.91. The quantitative estimate of drug-likeness (QED) is 0.888. The van der Waals surface area contributed by atoms with Crippen molar-refractivity contribution in [3.63, 3.8) is 0 Å². The number of anilines is 2. The van der Waals surface area contributed by atoms with Gasteiger partial charge in [0.2, 0.25) is 5.91 Å². The Balaban J connectivity index is 1.94. The molecule has 2 rings (SSSR count). The van der Waals surface area contributed by atoms with E-state index in [0.29, 0.717) is 22.1 Å². The lowest BCUT2D eigenvalue weighted by Crippen LogP contribution is -2.21. The zero-order valence-electron chi connectivity index (χ0n) is 11.9. The topological polar surface area (TPSA) is 67.4 Å². The first-order valence-corrected chi connectivity index (χ1v) is 6.97. The fourth-order valence-corrected chi connectivity index (χ4v) is 1.88. The molecule has 0 aliphatic heterocycles. The van der Waals surface area contributed by atoms with Crippen LogP contribution in [0.25, 0.3) is 0 Å². The Morgan fingerprint density at radius 2 is 1.59 bits per heavy atom. The van der Waals surface area contributed by atoms with E-state index in [1.807, 2.05) is 0 Å². The Morgan fingerprint density at radius 1 is 1.00 bits per heavy atom. The standard InChI is InChI=1S/C16H15ClN2O3/c1-11(20)18-14-4-2-3-5-15(14)19-16(21)10-22-13-8-6-12(17)7-9-13/h2-9H,10H2,1H3,(H,18,20)(H,19,21). The number of halogens is 1. The highest BCUT2D eigenvalue weighted by molar-refractivity contribution is 6.30. The average molecular weight is 319 g/mol. The number of benzene rings is 2. The molecule has 5 nitrogen and oxygen atoms in total. The van der Waals surface area contributed by atoms with Crippen molar-refractivity contribution >= 4 is 34.8 Å². The van der Waals surface area contributed by atoms with Crippen LogP contribution in [0.5, 0.6) is 5.75 Å². The molecular formula is C16H15ClN2O3. The van der Waals surface area contributed by atoms with Gasteiger partial charge >= 0.3 is 0 Å². The summed E-state index contributed by atoms with van der Waals surface area (Å²) in [6.45, 7) is 1.26. The average Bonchev–Trinajstić information content (AvgIpc) is 2.48. The molecule has 0 bridgehead atoms. The number of nitrogens with one attached hydrogen (secondary N) is 2. The van der Waals surface area contributed by atoms with Crippen LogP contribution >= 0.6 is 11.6 Å². The van der Waals surface area contributed by atoms with Crippen molar-refractivity contribution in [1.82, 2.24) is 0 Å². The maximum absolute atomic E-state index is 11.9. The second kappa shape index (κ2) is 7.47. The highest BCUT2D eigenvalue weighted by Gasteiger charge is 2.08. The zero-order valence-corrected chi connectivity index (χ0v) is 12.7. The Morgan fingerprint density at radius 3 is 2.18 bits per heavy atom. The zero-order chi connectivity index (χ0) is 15.9. The van der Waals surface area contributed by atoms with Gasteiger partial charge in [0.15, 0.2) is 6.61 Å². The number of hydrogen-bond acceptors (Lipinski definition) is 3. The summed E-state index contributed by atoms with van der Waals surface area (Å²) in [6, 6.07) is 13.7. The Labute approximate surface area is 133 Å². The number of rotatable bonds is 5. The van der Waals surface area contributed by atoms with Gasteiger partial charge in [0.25, 0.3) is 5.91 Å². The van der Waals surface area contributed by atoms with E-state index in [9.17, 15) is 9.59 Å². The number of ether oxygens (including phenoxy) is 1. The molecule has 0 fully saturated rings. The van der Waals surface area contributed by atoms with Crippen molar-refractivity contribution in [3.8, 4) is 5.75 Å². The molecule has 0 heterocycles. The number of amides is 2. The SMILES string of the molecule is CC(=O)Nc1ccccc1NC(=O)COc1ccc(Cl)cc1. The lowest BCUT2D eigenvalue weighted by molar-refractivity contribution is -0.118. The van der Waals surface area contributed by atoms with E-state index in [4.69, 9.17) is 16.3 Å². The summed E-state index contributed by atoms with van der Waals surface area (Å²) in [5.74, 6) is 0.0153. The molecule has 0 unspecified atom stereocenters. The Kier molecular flexibility index (Phi) is 5.38. The van der Waals surface area contributed by atoms with E-state index in [2.05, 4.69) is 10.6 Å². The molecule has 2 N–H and O–H groups in total. The molecule has 0 aliphatic carbocycles. The molecule has 0 spiro atoms. The van der Waals surface area contributed by atoms with Crippen LogP contribution in [0.3, 0.4) is 0 Å². The van der Waals surface area contributed by atoms with Crippen molar-refractivity contribution in [2.45, 2.75) is 6.92 Å². The van der Waals surface area contributed by atoms with Crippen LogP contribution < -0.4 is 15.4 Å². The minimum Gasteiger partial charge on any atom is -0.484 e. The summed E-state index contributed by atoms with van der Waals surface area (Å²) in [4.78, 5) is 23.0. The van der Waals surface area contributed by atoms with Gasteiger partial charge in [-0.2, -0.15) is 0 Å². The van der Waals surface area contributed by atoms with Crippen LogP contribution in [-0.2, 0) is 9.59 Å². The Bertz CT molecular complexity index is 671. The second-order valence-corrected chi connectivity index (χ2v) is 4.95. The molecule has 114 valence electrons. The van der Waals surface area contributed by atoms with Crippen molar-refractivity contribution in [2.75, 3.05) is 17.2 Å². The van der Waals surface area contributed by atoms with E-state index in [-0.39, 0.29) is 18.4 Å². The third-order valence-corrected chi connectivity index (χ3v) is 2.95. The van der Waals surface area contributed by atoms with E-state index >= 15 is 0 Å². The summed E-state index contributed by atoms with van der Waals surface area (Å²) >= 11 is 5.77. The molecule has 0 aromatic heterocycles. The molecule has 22 heavy (non-hydrogen) atoms. The van der Waals surface area contributed by atoms with Gasteiger partial charge in [0.1, 0.15) is 5.75 Å². The molecule has 0 radical (unpaired) electrons. The molecule has 0 aliphatic rings. The second-order valence-electron chi connectivity index (χ2n) is 4.52. The van der Waals surface area contributed by atoms with Crippen LogP contribution in [0.2, 0.25) is 5.02 Å². The van der Waals surface area contributed by atoms with Gasteiger partial charge in [-0.25, -0.2) is 0 Å². The number of hydrogen-bond donors (Lipinski definition) is 2. The van der Waals surface area contributed by atoms with Crippen LogP contribution in [0.1, 0.15) is 6.92 Å². The first kappa shape index (κ1) is 15.9. The van der Waals surface area contributed by atoms with Crippen molar-refractivity contribution in [2.24, 2.45) is 0 Å². The van der Waals surface area contributed by atoms with Gasteiger partial charge in [0.05, 0.1) is 11.4 Å². The number of para-hydroxylation sites is 2. The van der Waals surface area contributed by atoms with Gasteiger partial charge in [-0.1, -0.05) is 23.7 Å². The highest BCUT2D eigenvalue weighted by atomic mass is 35.5. The van der Waals surface area contributed by atoms with Gasteiger partial charge in [-0.05, 0) is 36.4 Å². The maximum Gasteiger partial charge on any atom is 0.262 e. The fourth-order valence-electron chi connectivity index (χ4n) is 1.76. The van der Waals surface area contributed by atoms with E-state index in [1.165, 1.54) is 6.92 Å². The third-order valence-electron chi connectivity index (χ3n) is 2.70. The number of carbonyl (C=O) groups excluding carboxylic acids is 2. The molecule has 0 saturated carbocycles.